The van der Waals surface area contributed by atoms with Gasteiger partial charge in [0.2, 0.25) is 0 Å². The molecule has 0 rings (SSSR count). The number of rotatable bonds is 12. The molecule has 0 bridgehead atoms. The van der Waals surface area contributed by atoms with Crippen LogP contribution in [0.1, 0.15) is 64.7 Å². The monoisotopic (exact) mass is 257 g/mol. The Labute approximate surface area is 110 Å². The van der Waals surface area contributed by atoms with Crippen molar-refractivity contribution >= 4 is 8.32 Å². The molecule has 0 aliphatic heterocycles. The van der Waals surface area contributed by atoms with Gasteiger partial charge in [0, 0.05) is 6.61 Å². The van der Waals surface area contributed by atoms with Crippen molar-refractivity contribution in [3.8, 4) is 0 Å². The topological polar surface area (TPSA) is 9.23 Å². The average Bonchev–Trinajstić information content (AvgIpc) is 2.30. The number of unbranched alkanes of at least 4 members (excludes halogenated alkanes) is 7. The van der Waals surface area contributed by atoms with Crippen LogP contribution in [0.4, 0.5) is 0 Å². The molecule has 17 heavy (non-hydrogen) atoms. The van der Waals surface area contributed by atoms with E-state index in [-0.39, 0.29) is 0 Å². The van der Waals surface area contributed by atoms with Crippen LogP contribution >= 0.6 is 0 Å². The van der Waals surface area contributed by atoms with E-state index in [0.717, 1.165) is 13.0 Å². The maximum atomic E-state index is 6.09. The Morgan fingerprint density at radius 2 is 1.47 bits per heavy atom. The maximum absolute atomic E-state index is 6.09. The average molecular weight is 258 g/mol. The van der Waals surface area contributed by atoms with Gasteiger partial charge in [-0.3, -0.25) is 0 Å². The van der Waals surface area contributed by atoms with Crippen LogP contribution in [0.2, 0.25) is 19.1 Å². The van der Waals surface area contributed by atoms with Crippen LogP contribution in [0, 0.1) is 6.92 Å². The molecule has 0 aliphatic rings. The number of hydrogen-bond donors (Lipinski definition) is 0. The zero-order valence-corrected chi connectivity index (χ0v) is 13.4. The molecule has 0 saturated heterocycles. The number of hydrogen-bond acceptors (Lipinski definition) is 1. The predicted octanol–water partition coefficient (Wildman–Crippen LogP) is 5.57. The minimum atomic E-state index is -1.31. The van der Waals surface area contributed by atoms with Crippen molar-refractivity contribution in [1.29, 1.82) is 0 Å². The summed E-state index contributed by atoms with van der Waals surface area (Å²) in [6.45, 7) is 11.8. The molecule has 0 aromatic carbocycles. The van der Waals surface area contributed by atoms with Crippen molar-refractivity contribution in [3.63, 3.8) is 0 Å². The molecular weight excluding hydrogens is 224 g/mol. The lowest BCUT2D eigenvalue weighted by molar-refractivity contribution is 0.293. The molecule has 0 unspecified atom stereocenters. The quantitative estimate of drug-likeness (QED) is 0.328. The molecule has 0 heterocycles. The summed E-state index contributed by atoms with van der Waals surface area (Å²) in [6.07, 6.45) is 11.8. The maximum Gasteiger partial charge on any atom is 0.186 e. The molecule has 0 amide bonds. The minimum Gasteiger partial charge on any atom is -0.417 e. The van der Waals surface area contributed by atoms with E-state index in [0.29, 0.717) is 0 Å². The van der Waals surface area contributed by atoms with Crippen LogP contribution in [0.5, 0.6) is 0 Å². The molecule has 0 spiro atoms. The molecule has 0 aliphatic carbocycles. The molecule has 0 aromatic heterocycles. The first-order valence-corrected chi connectivity index (χ1v) is 10.7. The second kappa shape index (κ2) is 11.3. The first-order chi connectivity index (χ1) is 8.12. The summed E-state index contributed by atoms with van der Waals surface area (Å²) >= 11 is 0. The highest BCUT2D eigenvalue weighted by molar-refractivity contribution is 6.71. The second-order valence-corrected chi connectivity index (χ2v) is 9.99. The van der Waals surface area contributed by atoms with Crippen LogP contribution in [0.25, 0.3) is 0 Å². The fourth-order valence-electron chi connectivity index (χ4n) is 2.01. The van der Waals surface area contributed by atoms with Gasteiger partial charge in [-0.05, 0) is 25.6 Å². The highest BCUT2D eigenvalue weighted by Crippen LogP contribution is 2.16. The molecule has 0 aromatic rings. The van der Waals surface area contributed by atoms with Crippen molar-refractivity contribution in [1.82, 2.24) is 0 Å². The fraction of sp³-hybridized carbons (Fsp3) is 0.933. The smallest absolute Gasteiger partial charge is 0.186 e. The molecule has 0 atom stereocenters. The third-order valence-electron chi connectivity index (χ3n) is 3.27. The Morgan fingerprint density at radius 3 is 2.06 bits per heavy atom. The van der Waals surface area contributed by atoms with E-state index < -0.39 is 8.32 Å². The molecule has 1 nitrogen and oxygen atoms in total. The van der Waals surface area contributed by atoms with Gasteiger partial charge in [0.05, 0.1) is 0 Å². The van der Waals surface area contributed by atoms with Gasteiger partial charge in [0.15, 0.2) is 8.32 Å². The molecular formula is C15H33OSi. The summed E-state index contributed by atoms with van der Waals surface area (Å²) in [6, 6.07) is 1.33. The van der Waals surface area contributed by atoms with Gasteiger partial charge >= 0.3 is 0 Å². The van der Waals surface area contributed by atoms with Crippen LogP contribution < -0.4 is 0 Å². The summed E-state index contributed by atoms with van der Waals surface area (Å²) in [5.41, 5.74) is 0. The van der Waals surface area contributed by atoms with Gasteiger partial charge in [-0.25, -0.2) is 0 Å². The first-order valence-electron chi connectivity index (χ1n) is 7.55. The van der Waals surface area contributed by atoms with Crippen molar-refractivity contribution in [2.24, 2.45) is 0 Å². The van der Waals surface area contributed by atoms with Crippen molar-refractivity contribution in [2.45, 2.75) is 83.8 Å². The minimum absolute atomic E-state index is 0.998. The highest BCUT2D eigenvalue weighted by atomic mass is 28.4. The van der Waals surface area contributed by atoms with Gasteiger partial charge in [-0.1, -0.05) is 65.2 Å². The lowest BCUT2D eigenvalue weighted by Crippen LogP contribution is -2.30. The van der Waals surface area contributed by atoms with Crippen molar-refractivity contribution in [2.75, 3.05) is 6.61 Å². The van der Waals surface area contributed by atoms with E-state index in [1.807, 2.05) is 0 Å². The fourth-order valence-corrected chi connectivity index (χ4v) is 4.06. The predicted molar refractivity (Wildman–Crippen MR) is 80.8 cm³/mol. The van der Waals surface area contributed by atoms with E-state index in [1.54, 1.807) is 0 Å². The Kier molecular flexibility index (Phi) is 11.4. The standard InChI is InChI=1S/C15H33OSi/c1-5-7-9-10-11-12-13-14-16-17(3,4)15-8-6-2/h1,5-15H2,2-4H3. The zero-order valence-electron chi connectivity index (χ0n) is 12.4. The summed E-state index contributed by atoms with van der Waals surface area (Å²) in [7, 11) is -1.31. The third kappa shape index (κ3) is 12.4. The van der Waals surface area contributed by atoms with Crippen LogP contribution in [0.15, 0.2) is 0 Å². The largest absolute Gasteiger partial charge is 0.417 e. The van der Waals surface area contributed by atoms with Crippen molar-refractivity contribution in [3.05, 3.63) is 6.92 Å². The summed E-state index contributed by atoms with van der Waals surface area (Å²) in [5, 5.41) is 0. The Hall–Kier alpha value is 0.177. The van der Waals surface area contributed by atoms with Crippen molar-refractivity contribution < 1.29 is 4.43 Å². The van der Waals surface area contributed by atoms with Gasteiger partial charge in [-0.15, -0.1) is 0 Å². The molecule has 103 valence electrons. The van der Waals surface area contributed by atoms with E-state index in [1.165, 1.54) is 57.4 Å². The highest BCUT2D eigenvalue weighted by Gasteiger charge is 2.20. The van der Waals surface area contributed by atoms with E-state index in [9.17, 15) is 0 Å². The second-order valence-electron chi connectivity index (χ2n) is 5.69. The van der Waals surface area contributed by atoms with Crippen LogP contribution in [-0.2, 0) is 4.43 Å². The third-order valence-corrected chi connectivity index (χ3v) is 5.81. The van der Waals surface area contributed by atoms with E-state index in [2.05, 4.69) is 26.9 Å². The van der Waals surface area contributed by atoms with E-state index >= 15 is 0 Å². The first kappa shape index (κ1) is 17.2. The summed E-state index contributed by atoms with van der Waals surface area (Å²) in [4.78, 5) is 0. The molecule has 2 heteroatoms. The van der Waals surface area contributed by atoms with Gasteiger partial charge in [-0.2, -0.15) is 0 Å². The lowest BCUT2D eigenvalue weighted by Gasteiger charge is -2.22. The summed E-state index contributed by atoms with van der Waals surface area (Å²) in [5.74, 6) is 0. The molecule has 0 fully saturated rings. The van der Waals surface area contributed by atoms with Gasteiger partial charge < -0.3 is 4.43 Å². The summed E-state index contributed by atoms with van der Waals surface area (Å²) < 4.78 is 6.09. The Balaban J connectivity index is 3.26. The van der Waals surface area contributed by atoms with Gasteiger partial charge in [0.25, 0.3) is 0 Å². The lowest BCUT2D eigenvalue weighted by atomic mass is 10.1. The molecule has 1 radical (unpaired) electrons. The van der Waals surface area contributed by atoms with Crippen LogP contribution in [0.3, 0.4) is 0 Å². The SMILES string of the molecule is [CH2]CCCCCCCCO[Si](C)(C)CCCC. The zero-order chi connectivity index (χ0) is 13.0. The Bertz CT molecular complexity index is 157. The Morgan fingerprint density at radius 1 is 0.882 bits per heavy atom. The molecule has 0 N–H and O–H groups in total. The van der Waals surface area contributed by atoms with Crippen LogP contribution in [-0.4, -0.2) is 14.9 Å². The molecule has 0 saturated carbocycles. The van der Waals surface area contributed by atoms with E-state index in [4.69, 9.17) is 4.43 Å². The van der Waals surface area contributed by atoms with Gasteiger partial charge in [0.1, 0.15) is 0 Å². The normalized spacial score (nSPS) is 12.0.